The van der Waals surface area contributed by atoms with Crippen molar-refractivity contribution in [1.29, 1.82) is 0 Å². The summed E-state index contributed by atoms with van der Waals surface area (Å²) in [5.41, 5.74) is 6.92. The number of pyridine rings is 1. The molecule has 1 heterocycles. The van der Waals surface area contributed by atoms with Crippen LogP contribution in [0.1, 0.15) is 0 Å². The Morgan fingerprint density at radius 2 is 0.964 bits per heavy atom. The zero-order chi connectivity index (χ0) is 19.8. The second-order valence-electron chi connectivity index (χ2n) is 6.03. The van der Waals surface area contributed by atoms with Crippen LogP contribution in [-0.2, 0) is 0 Å². The first-order valence-electron chi connectivity index (χ1n) is 8.86. The van der Waals surface area contributed by atoms with Crippen LogP contribution in [0.4, 0.5) is 0 Å². The lowest BCUT2D eigenvalue weighted by atomic mass is 9.91. The Morgan fingerprint density at radius 3 is 1.46 bits per heavy atom. The molecule has 0 bridgehead atoms. The Kier molecular flexibility index (Phi) is 6.71. The molecule has 0 radical (unpaired) electrons. The van der Waals surface area contributed by atoms with E-state index >= 15 is 0 Å². The summed E-state index contributed by atoms with van der Waals surface area (Å²) in [6.07, 6.45) is 1.90. The van der Waals surface area contributed by atoms with Gasteiger partial charge in [-0.2, -0.15) is 0 Å². The van der Waals surface area contributed by atoms with Crippen LogP contribution in [0, 0.1) is 0 Å². The fourth-order valence-corrected chi connectivity index (χ4v) is 3.03. The van der Waals surface area contributed by atoms with Crippen molar-refractivity contribution in [2.75, 3.05) is 0 Å². The minimum absolute atomic E-state index is 1.02. The second kappa shape index (κ2) is 9.62. The summed E-state index contributed by atoms with van der Waals surface area (Å²) in [6.45, 7) is 0. The highest BCUT2D eigenvalue weighted by atomic mass is 16.5. The molecule has 138 valence electrons. The van der Waals surface area contributed by atoms with Crippen molar-refractivity contribution in [3.05, 3.63) is 103 Å². The molecule has 0 spiro atoms. The quantitative estimate of drug-likeness (QED) is 0.477. The van der Waals surface area contributed by atoms with E-state index in [1.54, 1.807) is 0 Å². The maximum atomic E-state index is 7.17. The molecule has 4 rings (SSSR count). The molecular weight excluding hydrogens is 349 g/mol. The van der Waals surface area contributed by atoms with E-state index in [-0.39, 0.29) is 0 Å². The predicted octanol–water partition coefficient (Wildman–Crippen LogP) is 4.03. The van der Waals surface area contributed by atoms with E-state index in [0.29, 0.717) is 0 Å². The highest BCUT2D eigenvalue weighted by Crippen LogP contribution is 2.38. The fourth-order valence-electron chi connectivity index (χ4n) is 3.03. The molecule has 5 heteroatoms. The van der Waals surface area contributed by atoms with Crippen LogP contribution in [0.2, 0.25) is 0 Å². The molecule has 4 aromatic rings. The third kappa shape index (κ3) is 4.93. The van der Waals surface area contributed by atoms with Crippen molar-refractivity contribution in [2.24, 2.45) is 0 Å². The smallest absolute Gasteiger partial charge is 0.402 e. The Morgan fingerprint density at radius 1 is 0.536 bits per heavy atom. The standard InChI is InChI=1S/C23H17N.BH3O3/c1-4-10-18(11-5-1)21-16-17-24-23(20-14-8-3-9-15-20)22(21)19-12-6-2-7-13-19;2-1(3)4/h1-17H;2-4H. The number of aromatic nitrogens is 1. The number of rotatable bonds is 3. The summed E-state index contributed by atoms with van der Waals surface area (Å²) >= 11 is 0. The lowest BCUT2D eigenvalue weighted by Crippen LogP contribution is -2.07. The van der Waals surface area contributed by atoms with Crippen molar-refractivity contribution >= 4 is 7.32 Å². The minimum Gasteiger partial charge on any atom is -0.402 e. The average molecular weight is 369 g/mol. The van der Waals surface area contributed by atoms with Crippen LogP contribution in [0.25, 0.3) is 33.5 Å². The number of hydrogen-bond acceptors (Lipinski definition) is 4. The van der Waals surface area contributed by atoms with Gasteiger partial charge in [0.1, 0.15) is 0 Å². The van der Waals surface area contributed by atoms with Crippen molar-refractivity contribution in [2.45, 2.75) is 0 Å². The summed E-state index contributed by atoms with van der Waals surface area (Å²) < 4.78 is 0. The molecule has 0 fully saturated rings. The average Bonchev–Trinajstić information content (AvgIpc) is 2.75. The fraction of sp³-hybridized carbons (Fsp3) is 0. The maximum Gasteiger partial charge on any atom is 0.631 e. The molecule has 0 aliphatic carbocycles. The Bertz CT molecular complexity index is 933. The highest BCUT2D eigenvalue weighted by Gasteiger charge is 2.14. The van der Waals surface area contributed by atoms with E-state index in [1.165, 1.54) is 22.3 Å². The van der Waals surface area contributed by atoms with Gasteiger partial charge < -0.3 is 15.1 Å². The van der Waals surface area contributed by atoms with Gasteiger partial charge in [-0.05, 0) is 22.8 Å². The minimum atomic E-state index is -2.17. The van der Waals surface area contributed by atoms with Crippen LogP contribution in [0.15, 0.2) is 103 Å². The largest absolute Gasteiger partial charge is 0.631 e. The summed E-state index contributed by atoms with van der Waals surface area (Å²) in [5.74, 6) is 0. The first-order chi connectivity index (χ1) is 13.7. The third-order valence-electron chi connectivity index (χ3n) is 4.15. The van der Waals surface area contributed by atoms with Gasteiger partial charge in [-0.15, -0.1) is 0 Å². The maximum absolute atomic E-state index is 7.17. The Hall–Kier alpha value is -3.25. The topological polar surface area (TPSA) is 73.6 Å². The molecule has 0 saturated heterocycles. The van der Waals surface area contributed by atoms with Crippen LogP contribution in [-0.4, -0.2) is 27.4 Å². The van der Waals surface area contributed by atoms with Crippen molar-refractivity contribution in [1.82, 2.24) is 4.98 Å². The van der Waals surface area contributed by atoms with E-state index in [4.69, 9.17) is 20.1 Å². The summed E-state index contributed by atoms with van der Waals surface area (Å²) in [7, 11) is -2.17. The number of benzene rings is 3. The van der Waals surface area contributed by atoms with Crippen LogP contribution in [0.5, 0.6) is 0 Å². The Balaban J connectivity index is 0.000000516. The molecule has 0 atom stereocenters. The van der Waals surface area contributed by atoms with E-state index in [2.05, 4.69) is 78.9 Å². The van der Waals surface area contributed by atoms with Gasteiger partial charge in [-0.3, -0.25) is 4.98 Å². The van der Waals surface area contributed by atoms with Gasteiger partial charge in [0, 0.05) is 17.3 Å². The van der Waals surface area contributed by atoms with E-state index in [0.717, 1.165) is 11.3 Å². The third-order valence-corrected chi connectivity index (χ3v) is 4.15. The zero-order valence-electron chi connectivity index (χ0n) is 15.2. The SMILES string of the molecule is OB(O)O.c1ccc(-c2ccnc(-c3ccccc3)c2-c2ccccc2)cc1. The van der Waals surface area contributed by atoms with Crippen molar-refractivity contribution < 1.29 is 15.1 Å². The molecule has 0 unspecified atom stereocenters. The number of hydrogen-bond donors (Lipinski definition) is 3. The molecule has 0 aliphatic rings. The van der Waals surface area contributed by atoms with Crippen molar-refractivity contribution in [3.8, 4) is 33.5 Å². The summed E-state index contributed by atoms with van der Waals surface area (Å²) in [4.78, 5) is 4.71. The molecule has 0 saturated carbocycles. The van der Waals surface area contributed by atoms with Gasteiger partial charge in [0.25, 0.3) is 0 Å². The van der Waals surface area contributed by atoms with Gasteiger partial charge in [0.05, 0.1) is 5.69 Å². The van der Waals surface area contributed by atoms with Gasteiger partial charge in [-0.1, -0.05) is 91.0 Å². The predicted molar refractivity (Wildman–Crippen MR) is 113 cm³/mol. The summed E-state index contributed by atoms with van der Waals surface area (Å²) in [5, 5.41) is 21.5. The summed E-state index contributed by atoms with van der Waals surface area (Å²) in [6, 6.07) is 33.5. The van der Waals surface area contributed by atoms with Crippen molar-refractivity contribution in [3.63, 3.8) is 0 Å². The van der Waals surface area contributed by atoms with Gasteiger partial charge in [-0.25, -0.2) is 0 Å². The highest BCUT2D eigenvalue weighted by molar-refractivity contribution is 6.30. The van der Waals surface area contributed by atoms with Gasteiger partial charge in [0.2, 0.25) is 0 Å². The normalized spacial score (nSPS) is 9.96. The van der Waals surface area contributed by atoms with Gasteiger partial charge in [0.15, 0.2) is 0 Å². The molecule has 1 aromatic heterocycles. The van der Waals surface area contributed by atoms with E-state index < -0.39 is 7.32 Å². The first-order valence-corrected chi connectivity index (χ1v) is 8.86. The lowest BCUT2D eigenvalue weighted by Gasteiger charge is -2.15. The molecule has 28 heavy (non-hydrogen) atoms. The molecular formula is C23H20BNO3. The second-order valence-corrected chi connectivity index (χ2v) is 6.03. The van der Waals surface area contributed by atoms with E-state index in [9.17, 15) is 0 Å². The molecule has 0 amide bonds. The van der Waals surface area contributed by atoms with Crippen LogP contribution < -0.4 is 0 Å². The molecule has 0 aliphatic heterocycles. The molecule has 3 N–H and O–H groups in total. The molecule has 3 aromatic carbocycles. The monoisotopic (exact) mass is 369 g/mol. The molecule has 4 nitrogen and oxygen atoms in total. The van der Waals surface area contributed by atoms with Crippen LogP contribution >= 0.6 is 0 Å². The lowest BCUT2D eigenvalue weighted by molar-refractivity contribution is 0.278. The Labute approximate surface area is 164 Å². The first kappa shape index (κ1) is 19.5. The van der Waals surface area contributed by atoms with Gasteiger partial charge >= 0.3 is 7.32 Å². The van der Waals surface area contributed by atoms with Crippen LogP contribution in [0.3, 0.4) is 0 Å². The zero-order valence-corrected chi connectivity index (χ0v) is 15.2. The van der Waals surface area contributed by atoms with E-state index in [1.807, 2.05) is 24.4 Å². The number of nitrogens with zero attached hydrogens (tertiary/aromatic N) is 1.